The molecule has 0 aliphatic carbocycles. The minimum Gasteiger partial charge on any atom is -0.311 e. The lowest BCUT2D eigenvalue weighted by atomic mass is 10.1. The van der Waals surface area contributed by atoms with Gasteiger partial charge in [-0.1, -0.05) is 36.7 Å². The van der Waals surface area contributed by atoms with Crippen molar-refractivity contribution in [2.24, 2.45) is 13.0 Å². The summed E-state index contributed by atoms with van der Waals surface area (Å²) in [6.45, 7) is 11.4. The zero-order valence-corrected chi connectivity index (χ0v) is 17.8. The molecule has 0 fully saturated rings. The average molecular weight is 414 g/mol. The van der Waals surface area contributed by atoms with Crippen LogP contribution in [0.1, 0.15) is 19.4 Å². The van der Waals surface area contributed by atoms with Gasteiger partial charge in [0.1, 0.15) is 0 Å². The highest BCUT2D eigenvalue weighted by atomic mass is 35.5. The minimum atomic E-state index is -0.389. The number of hydrogen-bond acceptors (Lipinski definition) is 4. The number of benzene rings is 1. The Labute approximate surface area is 173 Å². The summed E-state index contributed by atoms with van der Waals surface area (Å²) in [6, 6.07) is 5.74. The maximum atomic E-state index is 13.2. The SMILES string of the molecule is C=C(C)Cn1c(=O)c2c(nc3n2C[C@@H](C)CN3c2cc(Cl)ccc2C)n(C)c1=O. The van der Waals surface area contributed by atoms with Gasteiger partial charge < -0.3 is 9.47 Å². The van der Waals surface area contributed by atoms with E-state index in [2.05, 4.69) is 18.4 Å². The lowest BCUT2D eigenvalue weighted by molar-refractivity contribution is 0.457. The fourth-order valence-electron chi connectivity index (χ4n) is 3.99. The van der Waals surface area contributed by atoms with Crippen LogP contribution in [0.25, 0.3) is 11.2 Å². The highest BCUT2D eigenvalue weighted by Crippen LogP contribution is 2.35. The second-order valence-corrected chi connectivity index (χ2v) is 8.47. The van der Waals surface area contributed by atoms with E-state index < -0.39 is 0 Å². The Hall–Kier alpha value is -2.80. The lowest BCUT2D eigenvalue weighted by Crippen LogP contribution is -2.40. The number of nitrogens with zero attached hydrogens (tertiary/aromatic N) is 5. The molecule has 1 aliphatic heterocycles. The monoisotopic (exact) mass is 413 g/mol. The van der Waals surface area contributed by atoms with Crippen molar-refractivity contribution >= 4 is 34.4 Å². The summed E-state index contributed by atoms with van der Waals surface area (Å²) < 4.78 is 4.60. The maximum absolute atomic E-state index is 13.2. The van der Waals surface area contributed by atoms with Crippen molar-refractivity contribution in [3.05, 3.63) is 61.8 Å². The van der Waals surface area contributed by atoms with E-state index in [9.17, 15) is 9.59 Å². The second-order valence-electron chi connectivity index (χ2n) is 8.03. The highest BCUT2D eigenvalue weighted by molar-refractivity contribution is 6.30. The predicted octanol–water partition coefficient (Wildman–Crippen LogP) is 3.22. The number of aryl methyl sites for hydroxylation is 2. The third-order valence-electron chi connectivity index (χ3n) is 5.33. The van der Waals surface area contributed by atoms with Crippen molar-refractivity contribution in [1.29, 1.82) is 0 Å². The third kappa shape index (κ3) is 3.09. The molecule has 8 heteroatoms. The van der Waals surface area contributed by atoms with E-state index in [0.717, 1.165) is 23.4 Å². The molecule has 1 atom stereocenters. The molecule has 4 rings (SSSR count). The van der Waals surface area contributed by atoms with Crippen LogP contribution >= 0.6 is 11.6 Å². The molecule has 7 nitrogen and oxygen atoms in total. The number of imidazole rings is 1. The van der Waals surface area contributed by atoms with Gasteiger partial charge in [-0.3, -0.25) is 13.9 Å². The summed E-state index contributed by atoms with van der Waals surface area (Å²) in [4.78, 5) is 32.8. The van der Waals surface area contributed by atoms with Crippen LogP contribution in [0.3, 0.4) is 0 Å². The van der Waals surface area contributed by atoms with Crippen LogP contribution in [0.2, 0.25) is 5.02 Å². The Balaban J connectivity index is 2.04. The van der Waals surface area contributed by atoms with Crippen molar-refractivity contribution in [2.45, 2.75) is 33.9 Å². The first-order valence-electron chi connectivity index (χ1n) is 9.57. The highest BCUT2D eigenvalue weighted by Gasteiger charge is 2.30. The van der Waals surface area contributed by atoms with Crippen molar-refractivity contribution in [3.8, 4) is 0 Å². The molecule has 29 heavy (non-hydrogen) atoms. The molecule has 0 saturated heterocycles. The number of allylic oxidation sites excluding steroid dienone is 1. The standard InChI is InChI=1S/C21H24ClN5O2/c1-12(2)9-27-19(28)17-18(24(5)21(27)29)23-20-25(10-13(3)11-26(17)20)16-8-15(22)7-6-14(16)4/h6-8,13H,1,9-11H2,2-5H3/t13-/m0/s1. The van der Waals surface area contributed by atoms with E-state index in [1.807, 2.05) is 29.7 Å². The molecule has 0 amide bonds. The largest absolute Gasteiger partial charge is 0.332 e. The normalized spacial score (nSPS) is 16.3. The molecule has 1 aliphatic rings. The Bertz CT molecular complexity index is 1270. The van der Waals surface area contributed by atoms with Gasteiger partial charge in [0.15, 0.2) is 11.2 Å². The molecular weight excluding hydrogens is 390 g/mol. The summed E-state index contributed by atoms with van der Waals surface area (Å²) in [7, 11) is 1.65. The Morgan fingerprint density at radius 1 is 1.31 bits per heavy atom. The van der Waals surface area contributed by atoms with Crippen LogP contribution in [0.4, 0.5) is 11.6 Å². The fraction of sp³-hybridized carbons (Fsp3) is 0.381. The molecular formula is C21H24ClN5O2. The van der Waals surface area contributed by atoms with Gasteiger partial charge in [-0.05, 0) is 37.5 Å². The Morgan fingerprint density at radius 2 is 2.03 bits per heavy atom. The molecule has 0 unspecified atom stereocenters. The van der Waals surface area contributed by atoms with Gasteiger partial charge in [0.25, 0.3) is 5.56 Å². The van der Waals surface area contributed by atoms with Crippen LogP contribution in [-0.4, -0.2) is 25.2 Å². The van der Waals surface area contributed by atoms with E-state index in [1.54, 1.807) is 14.0 Å². The van der Waals surface area contributed by atoms with Crippen LogP contribution in [0.5, 0.6) is 0 Å². The first kappa shape index (κ1) is 19.5. The number of aromatic nitrogens is 4. The number of hydrogen-bond donors (Lipinski definition) is 0. The van der Waals surface area contributed by atoms with E-state index in [-0.39, 0.29) is 23.7 Å². The van der Waals surface area contributed by atoms with Gasteiger partial charge in [0, 0.05) is 30.8 Å². The number of halogens is 1. The van der Waals surface area contributed by atoms with Gasteiger partial charge in [-0.2, -0.15) is 4.98 Å². The van der Waals surface area contributed by atoms with Crippen molar-refractivity contribution in [3.63, 3.8) is 0 Å². The van der Waals surface area contributed by atoms with E-state index in [4.69, 9.17) is 16.6 Å². The Morgan fingerprint density at radius 3 is 2.72 bits per heavy atom. The zero-order chi connectivity index (χ0) is 21.0. The molecule has 152 valence electrons. The molecule has 3 aromatic rings. The summed E-state index contributed by atoms with van der Waals surface area (Å²) in [5, 5.41) is 0.641. The number of rotatable bonds is 3. The molecule has 2 aromatic heterocycles. The van der Waals surface area contributed by atoms with E-state index in [0.29, 0.717) is 28.7 Å². The van der Waals surface area contributed by atoms with Gasteiger partial charge in [-0.15, -0.1) is 0 Å². The van der Waals surface area contributed by atoms with Gasteiger partial charge >= 0.3 is 5.69 Å². The molecule has 0 saturated carbocycles. The maximum Gasteiger partial charge on any atom is 0.332 e. The van der Waals surface area contributed by atoms with E-state index in [1.165, 1.54) is 9.13 Å². The molecule has 0 N–H and O–H groups in total. The quantitative estimate of drug-likeness (QED) is 0.618. The van der Waals surface area contributed by atoms with Crippen LogP contribution in [0, 0.1) is 12.8 Å². The predicted molar refractivity (Wildman–Crippen MR) is 116 cm³/mol. The van der Waals surface area contributed by atoms with Crippen LogP contribution < -0.4 is 16.1 Å². The summed E-state index contributed by atoms with van der Waals surface area (Å²) in [5.41, 5.74) is 2.88. The summed E-state index contributed by atoms with van der Waals surface area (Å²) >= 11 is 6.26. The topological polar surface area (TPSA) is 65.1 Å². The Kier molecular flexibility index (Phi) is 4.65. The van der Waals surface area contributed by atoms with Crippen LogP contribution in [0.15, 0.2) is 39.9 Å². The fourth-order valence-corrected chi connectivity index (χ4v) is 4.16. The summed E-state index contributed by atoms with van der Waals surface area (Å²) in [6.07, 6.45) is 0. The smallest absolute Gasteiger partial charge is 0.311 e. The third-order valence-corrected chi connectivity index (χ3v) is 5.57. The van der Waals surface area contributed by atoms with Gasteiger partial charge in [-0.25, -0.2) is 4.79 Å². The van der Waals surface area contributed by atoms with E-state index >= 15 is 0 Å². The van der Waals surface area contributed by atoms with Gasteiger partial charge in [0.05, 0.1) is 6.54 Å². The second kappa shape index (κ2) is 6.91. The lowest BCUT2D eigenvalue weighted by Gasteiger charge is -2.33. The molecule has 3 heterocycles. The number of anilines is 2. The molecule has 0 radical (unpaired) electrons. The summed E-state index contributed by atoms with van der Waals surface area (Å²) in [5.74, 6) is 0.938. The first-order valence-corrected chi connectivity index (χ1v) is 9.95. The first-order chi connectivity index (χ1) is 13.7. The van der Waals surface area contributed by atoms with Crippen molar-refractivity contribution in [2.75, 3.05) is 11.4 Å². The van der Waals surface area contributed by atoms with Crippen molar-refractivity contribution < 1.29 is 0 Å². The molecule has 1 aromatic carbocycles. The average Bonchev–Trinajstić information content (AvgIpc) is 3.04. The molecule has 0 bridgehead atoms. The molecule has 0 spiro atoms. The minimum absolute atomic E-state index is 0.189. The van der Waals surface area contributed by atoms with Gasteiger partial charge in [0.2, 0.25) is 5.95 Å². The van der Waals surface area contributed by atoms with Crippen LogP contribution in [-0.2, 0) is 20.1 Å². The number of fused-ring (bicyclic) bond motifs is 3. The van der Waals surface area contributed by atoms with Crippen molar-refractivity contribution in [1.82, 2.24) is 18.7 Å². The zero-order valence-electron chi connectivity index (χ0n) is 17.1.